The van der Waals surface area contributed by atoms with Gasteiger partial charge in [-0.05, 0) is 31.0 Å². The van der Waals surface area contributed by atoms with Crippen LogP contribution in [0, 0.1) is 6.58 Å². The van der Waals surface area contributed by atoms with Crippen LogP contribution in [0.3, 0.4) is 0 Å². The number of hydrogen-bond acceptors (Lipinski definition) is 2. The summed E-state index contributed by atoms with van der Waals surface area (Å²) in [7, 11) is 1.66. The molecule has 0 spiro atoms. The molecule has 0 heterocycles. The van der Waals surface area contributed by atoms with Crippen LogP contribution in [-0.4, -0.2) is 13.2 Å². The second-order valence-corrected chi connectivity index (χ2v) is 3.44. The molecule has 0 aromatic heterocycles. The van der Waals surface area contributed by atoms with E-state index in [1.54, 1.807) is 13.2 Å². The normalized spacial score (nSPS) is 11.4. The van der Waals surface area contributed by atoms with Gasteiger partial charge in [-0.1, -0.05) is 12.1 Å². The van der Waals surface area contributed by atoms with Gasteiger partial charge in [0.15, 0.2) is 0 Å². The molecule has 2 nitrogen and oxygen atoms in total. The fourth-order valence-electron chi connectivity index (χ4n) is 1.22. The summed E-state index contributed by atoms with van der Waals surface area (Å²) in [5.41, 5.74) is 1.14. The van der Waals surface area contributed by atoms with E-state index >= 15 is 0 Å². The summed E-state index contributed by atoms with van der Waals surface area (Å²) < 4.78 is 10.7. The molecule has 3 heteroatoms. The maximum absolute atomic E-state index is 5.59. The van der Waals surface area contributed by atoms with Gasteiger partial charge < -0.3 is 16.1 Å². The molecule has 0 fully saturated rings. The SMILES string of the molecule is [CH-]=CC[C@@H](C)OCc1ccc(OC)cc1.[Li+]. The summed E-state index contributed by atoms with van der Waals surface area (Å²) >= 11 is 0. The van der Waals surface area contributed by atoms with E-state index in [9.17, 15) is 0 Å². The van der Waals surface area contributed by atoms with E-state index in [0.717, 1.165) is 17.7 Å². The Hall–Kier alpha value is -0.683. The third-order valence-corrected chi connectivity index (χ3v) is 2.16. The molecule has 1 aromatic rings. The average Bonchev–Trinajstić information content (AvgIpc) is 2.27. The maximum atomic E-state index is 5.59. The van der Waals surface area contributed by atoms with Crippen LogP contribution < -0.4 is 23.6 Å². The zero-order valence-electron chi connectivity index (χ0n) is 10.3. The van der Waals surface area contributed by atoms with Gasteiger partial charge in [-0.2, -0.15) is 0 Å². The van der Waals surface area contributed by atoms with Crippen LogP contribution in [0.25, 0.3) is 0 Å². The van der Waals surface area contributed by atoms with Gasteiger partial charge in [0, 0.05) is 0 Å². The molecular formula is C13H17LiO2. The molecule has 0 saturated heterocycles. The molecular weight excluding hydrogens is 195 g/mol. The fraction of sp³-hybridized carbons (Fsp3) is 0.385. The first kappa shape index (κ1) is 15.3. The molecule has 1 rings (SSSR count). The number of methoxy groups -OCH3 is 1. The van der Waals surface area contributed by atoms with E-state index in [1.165, 1.54) is 0 Å². The van der Waals surface area contributed by atoms with Crippen molar-refractivity contribution >= 4 is 0 Å². The van der Waals surface area contributed by atoms with Gasteiger partial charge in [-0.25, -0.2) is 0 Å². The van der Waals surface area contributed by atoms with Gasteiger partial charge in [0.05, 0.1) is 19.8 Å². The third kappa shape index (κ3) is 5.41. The van der Waals surface area contributed by atoms with Crippen molar-refractivity contribution in [1.82, 2.24) is 0 Å². The number of hydrogen-bond donors (Lipinski definition) is 0. The standard InChI is InChI=1S/C13H17O2.Li/c1-4-5-11(2)15-10-12-6-8-13(14-3)9-7-12;/h1,4,6-9,11H,5,10H2,2-3H3;/q-1;+1/t11-;/m1./s1. The van der Waals surface area contributed by atoms with Crippen LogP contribution in [0.15, 0.2) is 30.3 Å². The first-order valence-corrected chi connectivity index (χ1v) is 5.04. The predicted octanol–water partition coefficient (Wildman–Crippen LogP) is -0.0164. The molecule has 0 aliphatic carbocycles. The van der Waals surface area contributed by atoms with Crippen molar-refractivity contribution in [3.8, 4) is 5.75 Å². The van der Waals surface area contributed by atoms with E-state index < -0.39 is 0 Å². The third-order valence-electron chi connectivity index (χ3n) is 2.16. The van der Waals surface area contributed by atoms with Gasteiger partial charge in [0.25, 0.3) is 0 Å². The molecule has 0 radical (unpaired) electrons. The Morgan fingerprint density at radius 2 is 1.94 bits per heavy atom. The van der Waals surface area contributed by atoms with E-state index in [0.29, 0.717) is 6.61 Å². The summed E-state index contributed by atoms with van der Waals surface area (Å²) in [6.45, 7) is 7.93. The van der Waals surface area contributed by atoms with Crippen molar-refractivity contribution in [1.29, 1.82) is 0 Å². The van der Waals surface area contributed by atoms with Crippen LogP contribution in [0.4, 0.5) is 0 Å². The minimum atomic E-state index is 0. The minimum Gasteiger partial charge on any atom is -0.518 e. The van der Waals surface area contributed by atoms with Gasteiger partial charge in [-0.3, -0.25) is 6.08 Å². The first-order valence-electron chi connectivity index (χ1n) is 5.04. The Balaban J connectivity index is 0.00000225. The molecule has 1 aromatic carbocycles. The van der Waals surface area contributed by atoms with Crippen molar-refractivity contribution in [3.63, 3.8) is 0 Å². The molecule has 0 aliphatic heterocycles. The van der Waals surface area contributed by atoms with Crippen molar-refractivity contribution in [2.75, 3.05) is 7.11 Å². The Kier molecular flexibility index (Phi) is 8.11. The van der Waals surface area contributed by atoms with E-state index in [4.69, 9.17) is 16.1 Å². The summed E-state index contributed by atoms with van der Waals surface area (Å²) in [5, 5.41) is 0. The molecule has 0 unspecified atom stereocenters. The summed E-state index contributed by atoms with van der Waals surface area (Å²) in [4.78, 5) is 0. The van der Waals surface area contributed by atoms with Crippen LogP contribution in [0.5, 0.6) is 5.75 Å². The first-order chi connectivity index (χ1) is 7.26. The smallest absolute Gasteiger partial charge is 0.518 e. The summed E-state index contributed by atoms with van der Waals surface area (Å²) in [6.07, 6.45) is 2.56. The molecule has 0 saturated carbocycles. The summed E-state index contributed by atoms with van der Waals surface area (Å²) in [5.74, 6) is 0.863. The van der Waals surface area contributed by atoms with Crippen LogP contribution in [0.1, 0.15) is 18.9 Å². The number of benzene rings is 1. The van der Waals surface area contributed by atoms with E-state index in [2.05, 4.69) is 0 Å². The topological polar surface area (TPSA) is 18.5 Å². The molecule has 0 N–H and O–H groups in total. The van der Waals surface area contributed by atoms with Crippen LogP contribution >= 0.6 is 0 Å². The van der Waals surface area contributed by atoms with Crippen LogP contribution in [-0.2, 0) is 11.3 Å². The number of rotatable bonds is 6. The largest absolute Gasteiger partial charge is 1.00 e. The maximum Gasteiger partial charge on any atom is 1.00 e. The Morgan fingerprint density at radius 1 is 1.31 bits per heavy atom. The van der Waals surface area contributed by atoms with E-state index in [-0.39, 0.29) is 25.0 Å². The zero-order chi connectivity index (χ0) is 11.1. The van der Waals surface area contributed by atoms with Gasteiger partial charge in [0.2, 0.25) is 0 Å². The van der Waals surface area contributed by atoms with Crippen molar-refractivity contribution in [2.24, 2.45) is 0 Å². The second kappa shape index (κ2) is 8.47. The summed E-state index contributed by atoms with van der Waals surface area (Å²) in [6, 6.07) is 7.85. The number of ether oxygens (including phenoxy) is 2. The van der Waals surface area contributed by atoms with Gasteiger partial charge in [-0.15, -0.1) is 0 Å². The molecule has 0 aliphatic rings. The van der Waals surface area contributed by atoms with Crippen molar-refractivity contribution < 1.29 is 28.3 Å². The van der Waals surface area contributed by atoms with E-state index in [1.807, 2.05) is 31.2 Å². The minimum absolute atomic E-state index is 0. The molecule has 0 bridgehead atoms. The molecule has 16 heavy (non-hydrogen) atoms. The van der Waals surface area contributed by atoms with Gasteiger partial charge in [0.1, 0.15) is 5.75 Å². The van der Waals surface area contributed by atoms with Crippen LogP contribution in [0.2, 0.25) is 0 Å². The fourth-order valence-corrected chi connectivity index (χ4v) is 1.22. The Bertz CT molecular complexity index is 295. The second-order valence-electron chi connectivity index (χ2n) is 3.44. The molecule has 1 atom stereocenters. The predicted molar refractivity (Wildman–Crippen MR) is 60.7 cm³/mol. The molecule has 82 valence electrons. The van der Waals surface area contributed by atoms with Crippen molar-refractivity contribution in [3.05, 3.63) is 42.5 Å². The Labute approximate surface area is 110 Å². The molecule has 0 amide bonds. The monoisotopic (exact) mass is 212 g/mol. The zero-order valence-corrected chi connectivity index (χ0v) is 10.3. The average molecular weight is 212 g/mol. The quantitative estimate of drug-likeness (QED) is 0.487. The van der Waals surface area contributed by atoms with Crippen molar-refractivity contribution in [2.45, 2.75) is 26.1 Å². The Morgan fingerprint density at radius 3 is 2.44 bits per heavy atom. The van der Waals surface area contributed by atoms with Gasteiger partial charge >= 0.3 is 18.9 Å².